The fraction of sp³-hybridized carbons (Fsp3) is 0.550. The topological polar surface area (TPSA) is 66.5 Å². The van der Waals surface area contributed by atoms with Crippen LogP contribution in [0.1, 0.15) is 43.2 Å². The van der Waals surface area contributed by atoms with Crippen molar-refractivity contribution in [2.24, 2.45) is 11.8 Å². The van der Waals surface area contributed by atoms with Crippen LogP contribution in [0.3, 0.4) is 0 Å². The number of carbonyl (C=O) groups is 3. The van der Waals surface area contributed by atoms with Crippen LogP contribution < -0.4 is 5.32 Å². The minimum Gasteiger partial charge on any atom is -0.356 e. The van der Waals surface area contributed by atoms with E-state index in [-0.39, 0.29) is 49.1 Å². The second kappa shape index (κ2) is 8.32. The highest BCUT2D eigenvalue weighted by atomic mass is 19.4. The molecule has 1 heterocycles. The normalized spacial score (nSPS) is 22.3. The predicted molar refractivity (Wildman–Crippen MR) is 94.9 cm³/mol. The van der Waals surface area contributed by atoms with Gasteiger partial charge in [0, 0.05) is 19.5 Å². The lowest BCUT2D eigenvalue weighted by Crippen LogP contribution is -2.35. The minimum atomic E-state index is -4.37. The second-order valence-electron chi connectivity index (χ2n) is 7.37. The predicted octanol–water partition coefficient (Wildman–Crippen LogP) is 2.93. The summed E-state index contributed by atoms with van der Waals surface area (Å²) in [5, 5.41) is 2.68. The number of fused-ring (bicyclic) bond motifs is 1. The molecular weight excluding hydrogens is 373 g/mol. The van der Waals surface area contributed by atoms with Gasteiger partial charge in [0.1, 0.15) is 0 Å². The largest absolute Gasteiger partial charge is 0.416 e. The molecular formula is C20H23F3N2O3. The van der Waals surface area contributed by atoms with E-state index in [1.54, 1.807) is 0 Å². The Morgan fingerprint density at radius 3 is 2.14 bits per heavy atom. The minimum absolute atomic E-state index is 0.0317. The average Bonchev–Trinajstić information content (AvgIpc) is 2.91. The summed E-state index contributed by atoms with van der Waals surface area (Å²) >= 11 is 0. The number of imide groups is 1. The summed E-state index contributed by atoms with van der Waals surface area (Å²) in [6, 6.07) is 4.80. The lowest BCUT2D eigenvalue weighted by Gasteiger charge is -2.19. The monoisotopic (exact) mass is 396 g/mol. The number of alkyl halides is 3. The van der Waals surface area contributed by atoms with E-state index < -0.39 is 11.7 Å². The molecule has 1 aromatic carbocycles. The van der Waals surface area contributed by atoms with Gasteiger partial charge in [0.25, 0.3) is 0 Å². The Kier molecular flexibility index (Phi) is 6.05. The smallest absolute Gasteiger partial charge is 0.356 e. The van der Waals surface area contributed by atoms with E-state index in [0.717, 1.165) is 37.8 Å². The molecule has 1 saturated heterocycles. The van der Waals surface area contributed by atoms with Gasteiger partial charge in [-0.25, -0.2) is 0 Å². The second-order valence-corrected chi connectivity index (χ2v) is 7.37. The van der Waals surface area contributed by atoms with Crippen LogP contribution in [0, 0.1) is 11.8 Å². The first kappa shape index (κ1) is 20.4. The zero-order valence-electron chi connectivity index (χ0n) is 15.4. The van der Waals surface area contributed by atoms with Gasteiger partial charge < -0.3 is 5.32 Å². The maximum atomic E-state index is 12.5. The Bertz CT molecular complexity index is 722. The molecule has 1 aliphatic carbocycles. The fourth-order valence-corrected chi connectivity index (χ4v) is 3.96. The summed E-state index contributed by atoms with van der Waals surface area (Å²) in [7, 11) is 0. The molecule has 3 rings (SSSR count). The summed E-state index contributed by atoms with van der Waals surface area (Å²) in [4.78, 5) is 37.9. The molecule has 0 unspecified atom stereocenters. The lowest BCUT2D eigenvalue weighted by atomic mass is 9.81. The van der Waals surface area contributed by atoms with Crippen molar-refractivity contribution in [2.75, 3.05) is 13.1 Å². The third-order valence-corrected chi connectivity index (χ3v) is 5.51. The molecule has 2 aliphatic rings. The first-order chi connectivity index (χ1) is 13.3. The zero-order chi connectivity index (χ0) is 20.3. The van der Waals surface area contributed by atoms with E-state index in [1.807, 2.05) is 0 Å². The molecule has 0 aromatic heterocycles. The van der Waals surface area contributed by atoms with E-state index in [2.05, 4.69) is 5.32 Å². The van der Waals surface area contributed by atoms with Gasteiger partial charge in [0.15, 0.2) is 0 Å². The number of halogens is 3. The quantitative estimate of drug-likeness (QED) is 0.752. The standard InChI is InChI=1S/C20H23F3N2O3/c21-20(22,23)14-7-5-13(6-8-14)9-11-24-17(26)10-12-25-18(27)15-3-1-2-4-16(15)19(25)28/h5-8,15-16H,1-4,9-12H2,(H,24,26)/t15-,16-/m0/s1. The van der Waals surface area contributed by atoms with Crippen molar-refractivity contribution in [2.45, 2.75) is 44.7 Å². The van der Waals surface area contributed by atoms with Gasteiger partial charge in [-0.05, 0) is 37.0 Å². The van der Waals surface area contributed by atoms with Gasteiger partial charge in [0.2, 0.25) is 17.7 Å². The molecule has 1 aliphatic heterocycles. The maximum Gasteiger partial charge on any atom is 0.416 e. The lowest BCUT2D eigenvalue weighted by molar-refractivity contribution is -0.140. The number of carbonyl (C=O) groups excluding carboxylic acids is 3. The van der Waals surface area contributed by atoms with E-state index in [1.165, 1.54) is 17.0 Å². The third kappa shape index (κ3) is 4.54. The van der Waals surface area contributed by atoms with Crippen molar-refractivity contribution in [1.29, 1.82) is 0 Å². The maximum absolute atomic E-state index is 12.5. The van der Waals surface area contributed by atoms with Crippen molar-refractivity contribution < 1.29 is 27.6 Å². The van der Waals surface area contributed by atoms with Crippen LogP contribution in [0.25, 0.3) is 0 Å². The first-order valence-electron chi connectivity index (χ1n) is 9.55. The third-order valence-electron chi connectivity index (χ3n) is 5.51. The zero-order valence-corrected chi connectivity index (χ0v) is 15.4. The van der Waals surface area contributed by atoms with Gasteiger partial charge in [-0.3, -0.25) is 19.3 Å². The van der Waals surface area contributed by atoms with Gasteiger partial charge in [-0.15, -0.1) is 0 Å². The Balaban J connectivity index is 1.41. The van der Waals surface area contributed by atoms with Crippen LogP contribution in [0.5, 0.6) is 0 Å². The van der Waals surface area contributed by atoms with E-state index in [9.17, 15) is 27.6 Å². The van der Waals surface area contributed by atoms with Crippen LogP contribution in [-0.4, -0.2) is 35.7 Å². The highest BCUT2D eigenvalue weighted by Gasteiger charge is 2.47. The molecule has 0 spiro atoms. The summed E-state index contributed by atoms with van der Waals surface area (Å²) < 4.78 is 37.6. The first-order valence-corrected chi connectivity index (χ1v) is 9.55. The molecule has 1 aromatic rings. The number of amides is 3. The summed E-state index contributed by atoms with van der Waals surface area (Å²) in [5.41, 5.74) is -0.0249. The Morgan fingerprint density at radius 2 is 1.61 bits per heavy atom. The highest BCUT2D eigenvalue weighted by molar-refractivity contribution is 6.05. The number of nitrogens with zero attached hydrogens (tertiary/aromatic N) is 1. The van der Waals surface area contributed by atoms with Crippen LogP contribution >= 0.6 is 0 Å². The SMILES string of the molecule is O=C(CCN1C(=O)[C@H]2CCCC[C@@H]2C1=O)NCCc1ccc(C(F)(F)F)cc1. The molecule has 1 saturated carbocycles. The van der Waals surface area contributed by atoms with Gasteiger partial charge in [-0.1, -0.05) is 25.0 Å². The molecule has 152 valence electrons. The molecule has 5 nitrogen and oxygen atoms in total. The van der Waals surface area contributed by atoms with E-state index in [4.69, 9.17) is 0 Å². The van der Waals surface area contributed by atoms with E-state index in [0.29, 0.717) is 12.0 Å². The molecule has 2 atom stereocenters. The molecule has 3 amide bonds. The summed E-state index contributed by atoms with van der Waals surface area (Å²) in [6.45, 7) is 0.355. The average molecular weight is 396 g/mol. The van der Waals surface area contributed by atoms with Crippen LogP contribution in [0.4, 0.5) is 13.2 Å². The van der Waals surface area contributed by atoms with Gasteiger partial charge in [0.05, 0.1) is 17.4 Å². The molecule has 0 bridgehead atoms. The fourth-order valence-electron chi connectivity index (χ4n) is 3.96. The Hall–Kier alpha value is -2.38. The van der Waals surface area contributed by atoms with Gasteiger partial charge in [-0.2, -0.15) is 13.2 Å². The Labute approximate surface area is 161 Å². The van der Waals surface area contributed by atoms with Crippen molar-refractivity contribution in [3.63, 3.8) is 0 Å². The number of benzene rings is 1. The number of hydrogen-bond donors (Lipinski definition) is 1. The van der Waals surface area contributed by atoms with Crippen molar-refractivity contribution in [3.8, 4) is 0 Å². The molecule has 28 heavy (non-hydrogen) atoms. The van der Waals surface area contributed by atoms with Crippen molar-refractivity contribution >= 4 is 17.7 Å². The summed E-state index contributed by atoms with van der Waals surface area (Å²) in [6.07, 6.45) is -0.540. The summed E-state index contributed by atoms with van der Waals surface area (Å²) in [5.74, 6) is -1.05. The molecule has 8 heteroatoms. The molecule has 0 radical (unpaired) electrons. The van der Waals surface area contributed by atoms with Crippen LogP contribution in [0.2, 0.25) is 0 Å². The van der Waals surface area contributed by atoms with Gasteiger partial charge >= 0.3 is 6.18 Å². The number of nitrogens with one attached hydrogen (secondary N) is 1. The van der Waals surface area contributed by atoms with Crippen molar-refractivity contribution in [1.82, 2.24) is 10.2 Å². The van der Waals surface area contributed by atoms with Crippen molar-refractivity contribution in [3.05, 3.63) is 35.4 Å². The number of rotatable bonds is 6. The molecule has 1 N–H and O–H groups in total. The van der Waals surface area contributed by atoms with Crippen LogP contribution in [-0.2, 0) is 27.0 Å². The van der Waals surface area contributed by atoms with Crippen LogP contribution in [0.15, 0.2) is 24.3 Å². The number of hydrogen-bond acceptors (Lipinski definition) is 3. The number of likely N-dealkylation sites (tertiary alicyclic amines) is 1. The Morgan fingerprint density at radius 1 is 1.04 bits per heavy atom. The highest BCUT2D eigenvalue weighted by Crippen LogP contribution is 2.38. The molecule has 2 fully saturated rings. The van der Waals surface area contributed by atoms with E-state index >= 15 is 0 Å².